The number of nitrogens with zero attached hydrogens (tertiary/aromatic N) is 3. The number of carbonyl (C=O) groups is 1. The first-order chi connectivity index (χ1) is 14.7. The number of pyridine rings is 1. The standard InChI is InChI=1S/C23H28N4O3/c1-29-22-15-19-9-13-27(21(19)16-25-22)23(28)24-10-14-26-11-7-18(8-12-26)17-30-20-5-3-2-4-6-20/h2-6,9,13,15-16,18H,7-8,10-12,14,17H2,1H3,(H,24,28). The van der Waals surface area contributed by atoms with Crippen molar-refractivity contribution < 1.29 is 14.3 Å². The zero-order valence-electron chi connectivity index (χ0n) is 17.3. The van der Waals surface area contributed by atoms with Gasteiger partial charge in [0.15, 0.2) is 0 Å². The maximum atomic E-state index is 12.5. The minimum absolute atomic E-state index is 0.136. The number of rotatable bonds is 7. The van der Waals surface area contributed by atoms with Crippen LogP contribution in [0.5, 0.6) is 11.6 Å². The predicted molar refractivity (Wildman–Crippen MR) is 116 cm³/mol. The van der Waals surface area contributed by atoms with Gasteiger partial charge in [0.05, 0.1) is 25.4 Å². The number of para-hydroxylation sites is 1. The summed E-state index contributed by atoms with van der Waals surface area (Å²) in [5.74, 6) is 2.07. The number of methoxy groups -OCH3 is 1. The number of hydrogen-bond donors (Lipinski definition) is 1. The van der Waals surface area contributed by atoms with Gasteiger partial charge in [-0.15, -0.1) is 0 Å². The molecule has 3 aromatic rings. The van der Waals surface area contributed by atoms with Crippen LogP contribution in [0.25, 0.3) is 10.9 Å². The van der Waals surface area contributed by atoms with Crippen molar-refractivity contribution in [1.82, 2.24) is 19.8 Å². The molecule has 0 bridgehead atoms. The molecule has 7 nitrogen and oxygen atoms in total. The summed E-state index contributed by atoms with van der Waals surface area (Å²) >= 11 is 0. The van der Waals surface area contributed by atoms with Gasteiger partial charge in [-0.3, -0.25) is 4.57 Å². The van der Waals surface area contributed by atoms with Crippen LogP contribution in [0.2, 0.25) is 0 Å². The first-order valence-electron chi connectivity index (χ1n) is 10.4. The van der Waals surface area contributed by atoms with E-state index in [-0.39, 0.29) is 6.03 Å². The van der Waals surface area contributed by atoms with E-state index in [0.29, 0.717) is 18.3 Å². The summed E-state index contributed by atoms with van der Waals surface area (Å²) in [6.45, 7) is 4.31. The van der Waals surface area contributed by atoms with Crippen LogP contribution in [-0.2, 0) is 0 Å². The number of carbonyl (C=O) groups excluding carboxylic acids is 1. The summed E-state index contributed by atoms with van der Waals surface area (Å²) in [6, 6.07) is 13.6. The van der Waals surface area contributed by atoms with E-state index in [4.69, 9.17) is 9.47 Å². The van der Waals surface area contributed by atoms with E-state index in [0.717, 1.165) is 55.7 Å². The summed E-state index contributed by atoms with van der Waals surface area (Å²) in [6.07, 6.45) is 5.67. The number of amides is 1. The Morgan fingerprint density at radius 3 is 2.77 bits per heavy atom. The lowest BCUT2D eigenvalue weighted by Gasteiger charge is -2.31. The molecule has 0 spiro atoms. The van der Waals surface area contributed by atoms with Crippen LogP contribution in [-0.4, -0.2) is 60.4 Å². The molecular formula is C23H28N4O3. The second-order valence-electron chi connectivity index (χ2n) is 7.61. The summed E-state index contributed by atoms with van der Waals surface area (Å²) < 4.78 is 12.6. The molecule has 3 heterocycles. The fraction of sp³-hybridized carbons (Fsp3) is 0.391. The highest BCUT2D eigenvalue weighted by molar-refractivity contribution is 5.91. The van der Waals surface area contributed by atoms with Gasteiger partial charge in [-0.1, -0.05) is 18.2 Å². The molecule has 0 aliphatic carbocycles. The van der Waals surface area contributed by atoms with Gasteiger partial charge in [-0.05, 0) is 50.0 Å². The summed E-state index contributed by atoms with van der Waals surface area (Å²) in [4.78, 5) is 19.1. The van der Waals surface area contributed by atoms with Crippen molar-refractivity contribution in [1.29, 1.82) is 0 Å². The molecule has 1 aromatic carbocycles. The van der Waals surface area contributed by atoms with E-state index < -0.39 is 0 Å². The second kappa shape index (κ2) is 9.63. The molecule has 30 heavy (non-hydrogen) atoms. The van der Waals surface area contributed by atoms with Gasteiger partial charge in [-0.25, -0.2) is 9.78 Å². The van der Waals surface area contributed by atoms with Gasteiger partial charge < -0.3 is 19.7 Å². The molecule has 1 fully saturated rings. The Morgan fingerprint density at radius 2 is 2.00 bits per heavy atom. The van der Waals surface area contributed by atoms with Crippen LogP contribution in [0, 0.1) is 5.92 Å². The number of piperidine rings is 1. The Balaban J connectivity index is 1.19. The van der Waals surface area contributed by atoms with Crippen LogP contribution in [0.4, 0.5) is 4.79 Å². The van der Waals surface area contributed by atoms with E-state index in [1.54, 1.807) is 24.1 Å². The average Bonchev–Trinajstić information content (AvgIpc) is 3.22. The van der Waals surface area contributed by atoms with Gasteiger partial charge in [0.2, 0.25) is 5.88 Å². The highest BCUT2D eigenvalue weighted by Gasteiger charge is 2.20. The van der Waals surface area contributed by atoms with E-state index in [9.17, 15) is 4.79 Å². The van der Waals surface area contributed by atoms with Gasteiger partial charge >= 0.3 is 6.03 Å². The second-order valence-corrected chi connectivity index (χ2v) is 7.61. The number of aromatic nitrogens is 2. The Hall–Kier alpha value is -3.06. The Morgan fingerprint density at radius 1 is 1.20 bits per heavy atom. The highest BCUT2D eigenvalue weighted by Crippen LogP contribution is 2.20. The number of fused-ring (bicyclic) bond motifs is 1. The fourth-order valence-corrected chi connectivity index (χ4v) is 3.82. The third-order valence-electron chi connectivity index (χ3n) is 5.62. The molecule has 4 rings (SSSR count). The Bertz CT molecular complexity index is 965. The van der Waals surface area contributed by atoms with Gasteiger partial charge in [0.1, 0.15) is 5.75 Å². The van der Waals surface area contributed by atoms with E-state index in [1.807, 2.05) is 42.5 Å². The lowest BCUT2D eigenvalue weighted by Crippen LogP contribution is -2.41. The third-order valence-corrected chi connectivity index (χ3v) is 5.62. The molecule has 0 saturated carbocycles. The number of hydrogen-bond acceptors (Lipinski definition) is 5. The van der Waals surface area contributed by atoms with E-state index >= 15 is 0 Å². The molecule has 1 aliphatic heterocycles. The molecule has 1 saturated heterocycles. The number of benzene rings is 1. The van der Waals surface area contributed by atoms with Crippen LogP contribution in [0.15, 0.2) is 54.9 Å². The molecule has 7 heteroatoms. The summed E-state index contributed by atoms with van der Waals surface area (Å²) in [7, 11) is 1.58. The quantitative estimate of drug-likeness (QED) is 0.649. The van der Waals surface area contributed by atoms with Crippen LogP contribution in [0.1, 0.15) is 12.8 Å². The molecule has 0 unspecified atom stereocenters. The number of nitrogens with one attached hydrogen (secondary N) is 1. The van der Waals surface area contributed by atoms with E-state index in [1.165, 1.54) is 0 Å². The smallest absolute Gasteiger partial charge is 0.326 e. The molecule has 1 amide bonds. The normalized spacial score (nSPS) is 15.2. The van der Waals surface area contributed by atoms with Crippen molar-refractivity contribution >= 4 is 16.9 Å². The first-order valence-corrected chi connectivity index (χ1v) is 10.4. The zero-order valence-corrected chi connectivity index (χ0v) is 17.3. The molecule has 1 aliphatic rings. The topological polar surface area (TPSA) is 68.6 Å². The third kappa shape index (κ3) is 4.91. The lowest BCUT2D eigenvalue weighted by atomic mass is 9.98. The summed E-state index contributed by atoms with van der Waals surface area (Å²) in [5, 5.41) is 3.94. The molecule has 0 atom stereocenters. The number of ether oxygens (including phenoxy) is 2. The number of likely N-dealkylation sites (tertiary alicyclic amines) is 1. The fourth-order valence-electron chi connectivity index (χ4n) is 3.82. The van der Waals surface area contributed by atoms with Crippen LogP contribution in [0.3, 0.4) is 0 Å². The molecule has 0 radical (unpaired) electrons. The van der Waals surface area contributed by atoms with Gasteiger partial charge in [0, 0.05) is 30.7 Å². The molecule has 2 aromatic heterocycles. The monoisotopic (exact) mass is 408 g/mol. The largest absolute Gasteiger partial charge is 0.493 e. The maximum absolute atomic E-state index is 12.5. The van der Waals surface area contributed by atoms with Crippen LogP contribution < -0.4 is 14.8 Å². The van der Waals surface area contributed by atoms with Crippen LogP contribution >= 0.6 is 0 Å². The Kier molecular flexibility index (Phi) is 6.49. The van der Waals surface area contributed by atoms with Crippen molar-refractivity contribution in [2.24, 2.45) is 5.92 Å². The first kappa shape index (κ1) is 20.2. The van der Waals surface area contributed by atoms with E-state index in [2.05, 4.69) is 15.2 Å². The highest BCUT2D eigenvalue weighted by atomic mass is 16.5. The average molecular weight is 409 g/mol. The van der Waals surface area contributed by atoms with Crippen molar-refractivity contribution in [3.05, 3.63) is 54.9 Å². The minimum atomic E-state index is -0.136. The molecular weight excluding hydrogens is 380 g/mol. The summed E-state index contributed by atoms with van der Waals surface area (Å²) in [5.41, 5.74) is 0.771. The Labute approximate surface area is 176 Å². The van der Waals surface area contributed by atoms with Crippen molar-refractivity contribution in [3.63, 3.8) is 0 Å². The van der Waals surface area contributed by atoms with Gasteiger partial charge in [0.25, 0.3) is 0 Å². The van der Waals surface area contributed by atoms with Crippen molar-refractivity contribution in [2.45, 2.75) is 12.8 Å². The van der Waals surface area contributed by atoms with Crippen molar-refractivity contribution in [2.75, 3.05) is 39.9 Å². The zero-order chi connectivity index (χ0) is 20.8. The SMILES string of the molecule is COc1cc2ccn(C(=O)NCCN3CCC(COc4ccccc4)CC3)c2cn1. The maximum Gasteiger partial charge on any atom is 0.326 e. The molecule has 158 valence electrons. The molecule has 1 N–H and O–H groups in total. The minimum Gasteiger partial charge on any atom is -0.493 e. The predicted octanol–water partition coefficient (Wildman–Crippen LogP) is 3.39. The van der Waals surface area contributed by atoms with Gasteiger partial charge in [-0.2, -0.15) is 0 Å². The lowest BCUT2D eigenvalue weighted by molar-refractivity contribution is 0.142. The van der Waals surface area contributed by atoms with Crippen molar-refractivity contribution in [3.8, 4) is 11.6 Å².